The van der Waals surface area contributed by atoms with Crippen LogP contribution in [-0.4, -0.2) is 37.9 Å². The molecule has 7 nitrogen and oxygen atoms in total. The zero-order valence-electron chi connectivity index (χ0n) is 15.5. The molecule has 0 amide bonds. The number of hydrogen-bond donors (Lipinski definition) is 0. The normalized spacial score (nSPS) is 22.7. The van der Waals surface area contributed by atoms with E-state index in [1.165, 1.54) is 28.3 Å². The van der Waals surface area contributed by atoms with Crippen molar-refractivity contribution in [2.45, 2.75) is 45.6 Å². The van der Waals surface area contributed by atoms with Crippen LogP contribution < -0.4 is 11.1 Å². The molecule has 138 valence electrons. The van der Waals surface area contributed by atoms with Gasteiger partial charge in [-0.25, -0.2) is 4.68 Å². The third-order valence-corrected chi connectivity index (χ3v) is 5.34. The van der Waals surface area contributed by atoms with Gasteiger partial charge in [0.05, 0.1) is 6.54 Å². The highest BCUT2D eigenvalue weighted by Gasteiger charge is 2.43. The number of ether oxygens (including phenoxy) is 1. The maximum absolute atomic E-state index is 12.3. The molecule has 1 aromatic heterocycles. The average Bonchev–Trinajstić information content (AvgIpc) is 2.95. The molecule has 26 heavy (non-hydrogen) atoms. The number of fused-ring (bicyclic) bond motifs is 1. The van der Waals surface area contributed by atoms with Gasteiger partial charge in [0.15, 0.2) is 5.82 Å². The van der Waals surface area contributed by atoms with Crippen LogP contribution in [0.4, 0.5) is 0 Å². The lowest BCUT2D eigenvalue weighted by molar-refractivity contribution is -0.0858. The predicted octanol–water partition coefficient (Wildman–Crippen LogP) is 0.734. The van der Waals surface area contributed by atoms with Gasteiger partial charge in [0, 0.05) is 26.7 Å². The largest absolute Gasteiger partial charge is 0.364 e. The van der Waals surface area contributed by atoms with E-state index < -0.39 is 16.7 Å². The van der Waals surface area contributed by atoms with Crippen LogP contribution in [-0.2, 0) is 31.5 Å². The fourth-order valence-electron chi connectivity index (χ4n) is 4.19. The Balaban J connectivity index is 1.54. The summed E-state index contributed by atoms with van der Waals surface area (Å²) in [5.41, 5.74) is 2.33. The Hall–Kier alpha value is -2.25. The maximum Gasteiger partial charge on any atom is 0.332 e. The molecule has 3 heterocycles. The monoisotopic (exact) mass is 356 g/mol. The van der Waals surface area contributed by atoms with Crippen LogP contribution in [0, 0.1) is 13.8 Å². The molecule has 0 N–H and O–H groups in total. The molecule has 4 rings (SSSR count). The molecule has 0 aliphatic carbocycles. The molecule has 0 saturated carbocycles. The second-order valence-electron chi connectivity index (χ2n) is 7.66. The molecule has 1 atom stereocenters. The zero-order chi connectivity index (χ0) is 18.5. The van der Waals surface area contributed by atoms with Crippen LogP contribution in [0.25, 0.3) is 0 Å². The summed E-state index contributed by atoms with van der Waals surface area (Å²) in [5, 5.41) is 4.16. The van der Waals surface area contributed by atoms with Crippen LogP contribution in [0.15, 0.2) is 27.8 Å². The Kier molecular flexibility index (Phi) is 4.08. The minimum atomic E-state index is -0.587. The summed E-state index contributed by atoms with van der Waals surface area (Å²) in [5.74, 6) is 0.524. The lowest BCUT2D eigenvalue weighted by Gasteiger charge is -2.35. The maximum atomic E-state index is 12.3. The molecule has 1 aromatic carbocycles. The summed E-state index contributed by atoms with van der Waals surface area (Å²) in [6, 6.07) is 6.61. The quantitative estimate of drug-likeness (QED) is 0.742. The fourth-order valence-corrected chi connectivity index (χ4v) is 4.19. The van der Waals surface area contributed by atoms with E-state index in [0.717, 1.165) is 30.7 Å². The van der Waals surface area contributed by atoms with Crippen molar-refractivity contribution in [3.05, 3.63) is 61.4 Å². The summed E-state index contributed by atoms with van der Waals surface area (Å²) in [4.78, 5) is 26.6. The van der Waals surface area contributed by atoms with Gasteiger partial charge in [-0.15, -0.1) is 0 Å². The highest BCUT2D eigenvalue weighted by Crippen LogP contribution is 2.32. The first kappa shape index (κ1) is 17.2. The van der Waals surface area contributed by atoms with Gasteiger partial charge in [0.1, 0.15) is 12.2 Å². The summed E-state index contributed by atoms with van der Waals surface area (Å²) >= 11 is 0. The van der Waals surface area contributed by atoms with E-state index in [1.54, 1.807) is 0 Å². The van der Waals surface area contributed by atoms with E-state index in [0.29, 0.717) is 12.4 Å². The minimum absolute atomic E-state index is 0.265. The Morgan fingerprint density at radius 3 is 2.58 bits per heavy atom. The third kappa shape index (κ3) is 3.01. The standard InChI is InChI=1S/C19H24N4O3/c1-13-6-14(2)8-15(7-13)9-22-5-4-19(11-22)12-23-16(10-26-19)20-21(3)17(24)18(23)25/h6-8H,4-5,9-12H2,1-3H3/t19-/m0/s1. The molecule has 2 aromatic rings. The average molecular weight is 356 g/mol. The van der Waals surface area contributed by atoms with Gasteiger partial charge in [0.2, 0.25) is 0 Å². The van der Waals surface area contributed by atoms with E-state index in [4.69, 9.17) is 4.74 Å². The molecule has 0 radical (unpaired) electrons. The molecule has 0 bridgehead atoms. The van der Waals surface area contributed by atoms with Gasteiger partial charge in [-0.2, -0.15) is 5.10 Å². The number of aryl methyl sites for hydroxylation is 3. The van der Waals surface area contributed by atoms with Crippen molar-refractivity contribution in [2.24, 2.45) is 7.05 Å². The molecule has 1 saturated heterocycles. The van der Waals surface area contributed by atoms with Gasteiger partial charge in [-0.3, -0.25) is 19.1 Å². The first-order valence-corrected chi connectivity index (χ1v) is 8.96. The van der Waals surface area contributed by atoms with Gasteiger partial charge in [-0.05, 0) is 25.8 Å². The highest BCUT2D eigenvalue weighted by molar-refractivity contribution is 5.28. The summed E-state index contributed by atoms with van der Waals surface area (Å²) in [7, 11) is 1.50. The summed E-state index contributed by atoms with van der Waals surface area (Å²) in [6.45, 7) is 7.42. The van der Waals surface area contributed by atoms with Crippen LogP contribution in [0.3, 0.4) is 0 Å². The number of hydrogen-bond acceptors (Lipinski definition) is 5. The van der Waals surface area contributed by atoms with Crippen molar-refractivity contribution in [1.82, 2.24) is 19.2 Å². The first-order chi connectivity index (χ1) is 12.3. The number of rotatable bonds is 2. The third-order valence-electron chi connectivity index (χ3n) is 5.34. The molecular formula is C19H24N4O3. The van der Waals surface area contributed by atoms with Gasteiger partial charge in [-0.1, -0.05) is 29.3 Å². The van der Waals surface area contributed by atoms with E-state index in [1.807, 2.05) is 0 Å². The minimum Gasteiger partial charge on any atom is -0.364 e. The van der Waals surface area contributed by atoms with Crippen molar-refractivity contribution >= 4 is 0 Å². The fraction of sp³-hybridized carbons (Fsp3) is 0.526. The van der Waals surface area contributed by atoms with Gasteiger partial charge in [0.25, 0.3) is 0 Å². The van der Waals surface area contributed by atoms with Crippen molar-refractivity contribution in [3.63, 3.8) is 0 Å². The molecule has 2 aliphatic heterocycles. The van der Waals surface area contributed by atoms with Crippen LogP contribution in [0.2, 0.25) is 0 Å². The second kappa shape index (κ2) is 6.17. The van der Waals surface area contributed by atoms with E-state index in [2.05, 4.69) is 42.0 Å². The van der Waals surface area contributed by atoms with Crippen LogP contribution >= 0.6 is 0 Å². The first-order valence-electron chi connectivity index (χ1n) is 8.96. The number of aromatic nitrogens is 3. The molecule has 1 spiro atoms. The molecule has 2 aliphatic rings. The van der Waals surface area contributed by atoms with E-state index in [-0.39, 0.29) is 6.61 Å². The number of likely N-dealkylation sites (tertiary alicyclic amines) is 1. The Labute approximate surface area is 151 Å². The number of benzene rings is 1. The molecule has 1 fully saturated rings. The van der Waals surface area contributed by atoms with Crippen molar-refractivity contribution in [1.29, 1.82) is 0 Å². The zero-order valence-corrected chi connectivity index (χ0v) is 15.5. The molecular weight excluding hydrogens is 332 g/mol. The second-order valence-corrected chi connectivity index (χ2v) is 7.66. The van der Waals surface area contributed by atoms with Crippen molar-refractivity contribution < 1.29 is 4.74 Å². The molecule has 7 heteroatoms. The number of nitrogens with zero attached hydrogens (tertiary/aromatic N) is 4. The summed E-state index contributed by atoms with van der Waals surface area (Å²) in [6.07, 6.45) is 0.846. The predicted molar refractivity (Wildman–Crippen MR) is 97.1 cm³/mol. The van der Waals surface area contributed by atoms with E-state index in [9.17, 15) is 9.59 Å². The van der Waals surface area contributed by atoms with E-state index >= 15 is 0 Å². The highest BCUT2D eigenvalue weighted by atomic mass is 16.5. The Morgan fingerprint density at radius 1 is 1.12 bits per heavy atom. The topological polar surface area (TPSA) is 69.4 Å². The lowest BCUT2D eigenvalue weighted by Crippen LogP contribution is -2.52. The van der Waals surface area contributed by atoms with Gasteiger partial charge >= 0.3 is 11.1 Å². The molecule has 0 unspecified atom stereocenters. The van der Waals surface area contributed by atoms with Gasteiger partial charge < -0.3 is 4.74 Å². The van der Waals surface area contributed by atoms with Crippen LogP contribution in [0.1, 0.15) is 28.9 Å². The van der Waals surface area contributed by atoms with Crippen molar-refractivity contribution in [2.75, 3.05) is 13.1 Å². The Morgan fingerprint density at radius 2 is 1.85 bits per heavy atom. The Bertz CT molecular complexity index is 957. The smallest absolute Gasteiger partial charge is 0.332 e. The lowest BCUT2D eigenvalue weighted by atomic mass is 10.0. The van der Waals surface area contributed by atoms with Crippen LogP contribution in [0.5, 0.6) is 0 Å². The van der Waals surface area contributed by atoms with Crippen molar-refractivity contribution in [3.8, 4) is 0 Å². The summed E-state index contributed by atoms with van der Waals surface area (Å²) < 4.78 is 8.74. The SMILES string of the molecule is Cc1cc(C)cc(CN2CC[C@]3(C2)Cn2c(nn(C)c(=O)c2=O)CO3)c1.